The van der Waals surface area contributed by atoms with Crippen LogP contribution in [0, 0.1) is 0 Å². The molecular weight excluding hydrogens is 454 g/mol. The molecule has 0 amide bonds. The van der Waals surface area contributed by atoms with Crippen molar-refractivity contribution in [3.05, 3.63) is 90.0 Å². The van der Waals surface area contributed by atoms with E-state index in [0.717, 1.165) is 19.3 Å². The summed E-state index contributed by atoms with van der Waals surface area (Å²) in [6.07, 6.45) is 2.86. The van der Waals surface area contributed by atoms with Gasteiger partial charge in [-0.2, -0.15) is 4.31 Å². The number of piperidine rings is 1. The molecular formula is C25H25N3O3S2. The van der Waals surface area contributed by atoms with Crippen molar-refractivity contribution in [2.75, 3.05) is 23.7 Å². The average molecular weight is 480 g/mol. The van der Waals surface area contributed by atoms with E-state index >= 15 is 0 Å². The molecule has 8 heteroatoms. The molecule has 33 heavy (non-hydrogen) atoms. The number of anilines is 2. The Balaban J connectivity index is 1.44. The number of para-hydroxylation sites is 1. The lowest BCUT2D eigenvalue weighted by atomic mass is 10.0. The zero-order valence-corrected chi connectivity index (χ0v) is 19.7. The first kappa shape index (κ1) is 23.1. The number of benzene rings is 3. The van der Waals surface area contributed by atoms with E-state index < -0.39 is 10.0 Å². The number of hydrogen-bond donors (Lipinski definition) is 2. The molecule has 4 rings (SSSR count). The van der Waals surface area contributed by atoms with Crippen LogP contribution in [0.25, 0.3) is 0 Å². The number of nitrogens with zero attached hydrogens (tertiary/aromatic N) is 1. The molecule has 0 aliphatic carbocycles. The van der Waals surface area contributed by atoms with Crippen molar-refractivity contribution < 1.29 is 13.2 Å². The van der Waals surface area contributed by atoms with Crippen molar-refractivity contribution in [3.63, 3.8) is 0 Å². The van der Waals surface area contributed by atoms with Gasteiger partial charge >= 0.3 is 0 Å². The van der Waals surface area contributed by atoms with Crippen LogP contribution >= 0.6 is 12.2 Å². The highest BCUT2D eigenvalue weighted by Gasteiger charge is 2.25. The number of hydrogen-bond acceptors (Lipinski definition) is 4. The van der Waals surface area contributed by atoms with Gasteiger partial charge in [0, 0.05) is 29.9 Å². The van der Waals surface area contributed by atoms with Crippen LogP contribution < -0.4 is 10.6 Å². The summed E-state index contributed by atoms with van der Waals surface area (Å²) in [7, 11) is -3.48. The van der Waals surface area contributed by atoms with Gasteiger partial charge in [-0.05, 0) is 61.5 Å². The van der Waals surface area contributed by atoms with Crippen molar-refractivity contribution in [3.8, 4) is 0 Å². The molecule has 0 spiro atoms. The Kier molecular flexibility index (Phi) is 7.17. The van der Waals surface area contributed by atoms with E-state index in [0.29, 0.717) is 40.7 Å². The Bertz CT molecular complexity index is 1240. The number of thiocarbonyl (C=S) groups is 1. The van der Waals surface area contributed by atoms with E-state index in [4.69, 9.17) is 12.2 Å². The van der Waals surface area contributed by atoms with Gasteiger partial charge in [-0.25, -0.2) is 8.42 Å². The highest BCUT2D eigenvalue weighted by molar-refractivity contribution is 7.89. The van der Waals surface area contributed by atoms with Gasteiger partial charge in [-0.15, -0.1) is 0 Å². The molecule has 0 radical (unpaired) electrons. The van der Waals surface area contributed by atoms with Crippen LogP contribution in [0.3, 0.4) is 0 Å². The highest BCUT2D eigenvalue weighted by Crippen LogP contribution is 2.23. The van der Waals surface area contributed by atoms with E-state index in [1.54, 1.807) is 58.9 Å². The second-order valence-electron chi connectivity index (χ2n) is 7.81. The summed E-state index contributed by atoms with van der Waals surface area (Å²) in [5, 5.41) is 6.44. The molecule has 3 aromatic rings. The van der Waals surface area contributed by atoms with Gasteiger partial charge in [0.25, 0.3) is 0 Å². The quantitative estimate of drug-likeness (QED) is 0.387. The molecule has 0 unspecified atom stereocenters. The Hall–Kier alpha value is -3.07. The lowest BCUT2D eigenvalue weighted by molar-refractivity contribution is 0.103. The van der Waals surface area contributed by atoms with Crippen molar-refractivity contribution in [1.29, 1.82) is 0 Å². The second-order valence-corrected chi connectivity index (χ2v) is 10.2. The van der Waals surface area contributed by atoms with E-state index in [2.05, 4.69) is 10.6 Å². The van der Waals surface area contributed by atoms with E-state index in [-0.39, 0.29) is 10.7 Å². The first-order valence-corrected chi connectivity index (χ1v) is 12.7. The molecule has 1 saturated heterocycles. The van der Waals surface area contributed by atoms with E-state index in [9.17, 15) is 13.2 Å². The van der Waals surface area contributed by atoms with Crippen LogP contribution in [0.15, 0.2) is 83.8 Å². The molecule has 3 aromatic carbocycles. The van der Waals surface area contributed by atoms with Gasteiger partial charge in [-0.3, -0.25) is 4.79 Å². The SMILES string of the molecule is O=C(c1ccccc1)c1ccccc1NC(=S)Nc1ccc(S(=O)(=O)N2CCCCC2)cc1. The molecule has 0 atom stereocenters. The average Bonchev–Trinajstić information content (AvgIpc) is 2.85. The first-order chi connectivity index (χ1) is 15.9. The first-order valence-electron chi connectivity index (χ1n) is 10.8. The van der Waals surface area contributed by atoms with E-state index in [1.165, 1.54) is 0 Å². The number of nitrogens with one attached hydrogen (secondary N) is 2. The summed E-state index contributed by atoms with van der Waals surface area (Å²) in [6, 6.07) is 22.8. The van der Waals surface area contributed by atoms with Gasteiger partial charge in [0.15, 0.2) is 10.9 Å². The number of carbonyl (C=O) groups is 1. The zero-order chi connectivity index (χ0) is 23.3. The van der Waals surface area contributed by atoms with Crippen LogP contribution in [-0.2, 0) is 10.0 Å². The lowest BCUT2D eigenvalue weighted by Gasteiger charge is -2.25. The van der Waals surface area contributed by atoms with E-state index in [1.807, 2.05) is 24.3 Å². The third-order valence-electron chi connectivity index (χ3n) is 5.52. The summed E-state index contributed by atoms with van der Waals surface area (Å²) >= 11 is 5.43. The van der Waals surface area contributed by atoms with Crippen LogP contribution in [0.5, 0.6) is 0 Å². The van der Waals surface area contributed by atoms with Gasteiger partial charge in [0.1, 0.15) is 0 Å². The Morgan fingerprint density at radius 3 is 2.12 bits per heavy atom. The smallest absolute Gasteiger partial charge is 0.243 e. The minimum Gasteiger partial charge on any atom is -0.332 e. The Labute approximate surface area is 199 Å². The third-order valence-corrected chi connectivity index (χ3v) is 7.64. The molecule has 1 fully saturated rings. The Morgan fingerprint density at radius 2 is 1.42 bits per heavy atom. The molecule has 1 aliphatic heterocycles. The Morgan fingerprint density at radius 1 is 0.788 bits per heavy atom. The number of carbonyl (C=O) groups excluding carboxylic acids is 1. The highest BCUT2D eigenvalue weighted by atomic mass is 32.2. The molecule has 0 aromatic heterocycles. The van der Waals surface area contributed by atoms with Gasteiger partial charge in [0.2, 0.25) is 10.0 Å². The van der Waals surface area contributed by atoms with Crippen LogP contribution in [0.1, 0.15) is 35.2 Å². The molecule has 0 bridgehead atoms. The van der Waals surface area contributed by atoms with Crippen molar-refractivity contribution >= 4 is 44.5 Å². The maximum atomic E-state index is 12.9. The largest absolute Gasteiger partial charge is 0.332 e. The standard InChI is InChI=1S/C25H25N3O3S2/c29-24(19-9-3-1-4-10-19)22-11-5-6-12-23(22)27-25(32)26-20-13-15-21(16-14-20)33(30,31)28-17-7-2-8-18-28/h1,3-6,9-16H,2,7-8,17-18H2,(H2,26,27,32). The summed E-state index contributed by atoms with van der Waals surface area (Å²) in [4.78, 5) is 13.2. The van der Waals surface area contributed by atoms with Crippen molar-refractivity contribution in [1.82, 2.24) is 4.31 Å². The summed E-state index contributed by atoms with van der Waals surface area (Å²) < 4.78 is 27.2. The van der Waals surface area contributed by atoms with Crippen LogP contribution in [0.4, 0.5) is 11.4 Å². The summed E-state index contributed by atoms with van der Waals surface area (Å²) in [5.41, 5.74) is 2.34. The minimum absolute atomic E-state index is 0.103. The molecule has 6 nitrogen and oxygen atoms in total. The summed E-state index contributed by atoms with van der Waals surface area (Å²) in [5.74, 6) is -0.103. The fourth-order valence-electron chi connectivity index (χ4n) is 3.78. The van der Waals surface area contributed by atoms with Gasteiger partial charge < -0.3 is 10.6 Å². The maximum absolute atomic E-state index is 12.9. The fourth-order valence-corrected chi connectivity index (χ4v) is 5.53. The molecule has 1 heterocycles. The third kappa shape index (κ3) is 5.47. The minimum atomic E-state index is -3.48. The second kappa shape index (κ2) is 10.2. The van der Waals surface area contributed by atoms with Crippen molar-refractivity contribution in [2.24, 2.45) is 0 Å². The number of sulfonamides is 1. The normalized spacial score (nSPS) is 14.4. The molecule has 0 saturated carbocycles. The monoisotopic (exact) mass is 479 g/mol. The molecule has 2 N–H and O–H groups in total. The van der Waals surface area contributed by atoms with Crippen molar-refractivity contribution in [2.45, 2.75) is 24.2 Å². The lowest BCUT2D eigenvalue weighted by Crippen LogP contribution is -2.35. The predicted octanol–water partition coefficient (Wildman–Crippen LogP) is 4.90. The number of rotatable bonds is 6. The number of ketones is 1. The molecule has 1 aliphatic rings. The fraction of sp³-hybridized carbons (Fsp3) is 0.200. The van der Waals surface area contributed by atoms with Crippen LogP contribution in [-0.4, -0.2) is 36.7 Å². The van der Waals surface area contributed by atoms with Gasteiger partial charge in [0.05, 0.1) is 10.6 Å². The summed E-state index contributed by atoms with van der Waals surface area (Å²) in [6.45, 7) is 1.13. The van der Waals surface area contributed by atoms with Crippen LogP contribution in [0.2, 0.25) is 0 Å². The molecule has 170 valence electrons. The van der Waals surface area contributed by atoms with Gasteiger partial charge in [-0.1, -0.05) is 48.9 Å². The zero-order valence-electron chi connectivity index (χ0n) is 18.0. The predicted molar refractivity (Wildman–Crippen MR) is 135 cm³/mol. The topological polar surface area (TPSA) is 78.5 Å². The maximum Gasteiger partial charge on any atom is 0.243 e.